The molecule has 0 aliphatic carbocycles. The maximum absolute atomic E-state index is 11.5. The summed E-state index contributed by atoms with van der Waals surface area (Å²) in [6.07, 6.45) is 0. The Bertz CT molecular complexity index is 552. The lowest BCUT2D eigenvalue weighted by molar-refractivity contribution is -0.134. The van der Waals surface area contributed by atoms with E-state index in [1.54, 1.807) is 18.2 Å². The van der Waals surface area contributed by atoms with Crippen LogP contribution >= 0.6 is 0 Å². The molecule has 0 unspecified atom stereocenters. The Morgan fingerprint density at radius 3 is 2.50 bits per heavy atom. The van der Waals surface area contributed by atoms with E-state index < -0.39 is 21.7 Å². The number of carboxylic acid groups (broad SMARTS) is 1. The molecule has 0 bridgehead atoms. The molecule has 0 fully saturated rings. The van der Waals surface area contributed by atoms with Crippen molar-refractivity contribution in [3.8, 4) is 0 Å². The van der Waals surface area contributed by atoms with E-state index in [1.165, 1.54) is 0 Å². The lowest BCUT2D eigenvalue weighted by atomic mass is 10.2. The summed E-state index contributed by atoms with van der Waals surface area (Å²) < 4.78 is 25.2. The second-order valence-corrected chi connectivity index (χ2v) is 5.87. The number of carbonyl (C=O) groups is 1. The molecular weight excluding hydrogens is 256 g/mol. The molecule has 6 nitrogen and oxygen atoms in total. The van der Waals surface area contributed by atoms with Crippen molar-refractivity contribution in [3.63, 3.8) is 0 Å². The number of aryl methyl sites for hydroxylation is 1. The molecule has 0 radical (unpaired) electrons. The van der Waals surface area contributed by atoms with Crippen LogP contribution in [0.15, 0.2) is 18.2 Å². The van der Waals surface area contributed by atoms with E-state index in [4.69, 9.17) is 5.11 Å². The van der Waals surface area contributed by atoms with Gasteiger partial charge in [0, 0.05) is 19.8 Å². The number of nitrogens with one attached hydrogen (secondary N) is 1. The first-order valence-corrected chi connectivity index (χ1v) is 6.87. The topological polar surface area (TPSA) is 86.7 Å². The number of hydrogen-bond donors (Lipinski definition) is 2. The Morgan fingerprint density at radius 1 is 1.39 bits per heavy atom. The highest BCUT2D eigenvalue weighted by Crippen LogP contribution is 2.23. The first-order chi connectivity index (χ1) is 8.21. The number of rotatable bonds is 5. The molecule has 0 heterocycles. The van der Waals surface area contributed by atoms with Gasteiger partial charge in [0.25, 0.3) is 0 Å². The van der Waals surface area contributed by atoms with Gasteiger partial charge in [0.1, 0.15) is 0 Å². The third kappa shape index (κ3) is 3.92. The molecule has 100 valence electrons. The Balaban J connectivity index is 2.99. The Hall–Kier alpha value is -1.76. The zero-order valence-corrected chi connectivity index (χ0v) is 11.3. The number of carboxylic acids is 1. The van der Waals surface area contributed by atoms with Crippen molar-refractivity contribution in [2.75, 3.05) is 29.5 Å². The number of nitrogens with zero attached hydrogens (tertiary/aromatic N) is 1. The summed E-state index contributed by atoms with van der Waals surface area (Å²) >= 11 is 0. The fraction of sp³-hybridized carbons (Fsp3) is 0.364. The van der Waals surface area contributed by atoms with Crippen LogP contribution in [-0.2, 0) is 14.8 Å². The summed E-state index contributed by atoms with van der Waals surface area (Å²) in [6.45, 7) is 1.91. The van der Waals surface area contributed by atoms with Gasteiger partial charge in [-0.1, -0.05) is 6.07 Å². The van der Waals surface area contributed by atoms with Crippen LogP contribution in [0.5, 0.6) is 0 Å². The third-order valence-electron chi connectivity index (χ3n) is 2.28. The van der Waals surface area contributed by atoms with Crippen LogP contribution in [0.3, 0.4) is 0 Å². The minimum absolute atomic E-state index is 0.352. The fourth-order valence-electron chi connectivity index (χ4n) is 1.53. The van der Waals surface area contributed by atoms with Gasteiger partial charge in [0.05, 0.1) is 5.69 Å². The molecule has 0 saturated heterocycles. The van der Waals surface area contributed by atoms with Crippen molar-refractivity contribution in [1.29, 1.82) is 0 Å². The molecule has 0 saturated carbocycles. The van der Waals surface area contributed by atoms with Crippen molar-refractivity contribution in [2.24, 2.45) is 0 Å². The van der Waals surface area contributed by atoms with Crippen LogP contribution in [0.2, 0.25) is 0 Å². The van der Waals surface area contributed by atoms with Crippen molar-refractivity contribution in [1.82, 2.24) is 0 Å². The van der Waals surface area contributed by atoms with Gasteiger partial charge in [-0.3, -0.25) is 9.52 Å². The van der Waals surface area contributed by atoms with E-state index in [2.05, 4.69) is 4.72 Å². The fourth-order valence-corrected chi connectivity index (χ4v) is 2.42. The standard InChI is InChI=1S/C11H16N2O4S/c1-8-4-5-9(6-10(8)13(2)3)12-18(16,17)7-11(14)15/h4-6,12H,7H2,1-3H3,(H,14,15). The molecule has 1 aromatic rings. The SMILES string of the molecule is Cc1ccc(NS(=O)(=O)CC(=O)O)cc1N(C)C. The second-order valence-electron chi connectivity index (χ2n) is 4.15. The lowest BCUT2D eigenvalue weighted by Crippen LogP contribution is -2.22. The predicted molar refractivity (Wildman–Crippen MR) is 70.6 cm³/mol. The second kappa shape index (κ2) is 5.26. The van der Waals surface area contributed by atoms with E-state index in [0.717, 1.165) is 11.3 Å². The van der Waals surface area contributed by atoms with Gasteiger partial charge in [-0.15, -0.1) is 0 Å². The maximum atomic E-state index is 11.5. The summed E-state index contributed by atoms with van der Waals surface area (Å²) in [5, 5.41) is 8.49. The first-order valence-electron chi connectivity index (χ1n) is 5.21. The van der Waals surface area contributed by atoms with E-state index in [9.17, 15) is 13.2 Å². The molecule has 18 heavy (non-hydrogen) atoms. The molecule has 2 N–H and O–H groups in total. The summed E-state index contributed by atoms with van der Waals surface area (Å²) in [7, 11) is -0.167. The van der Waals surface area contributed by atoms with Crippen molar-refractivity contribution >= 4 is 27.4 Å². The summed E-state index contributed by atoms with van der Waals surface area (Å²) in [6, 6.07) is 5.03. The van der Waals surface area contributed by atoms with E-state index >= 15 is 0 Å². The average Bonchev–Trinajstić information content (AvgIpc) is 2.18. The van der Waals surface area contributed by atoms with Crippen LogP contribution in [-0.4, -0.2) is 39.3 Å². The highest BCUT2D eigenvalue weighted by atomic mass is 32.2. The average molecular weight is 272 g/mol. The number of benzene rings is 1. The van der Waals surface area contributed by atoms with E-state index in [1.807, 2.05) is 25.9 Å². The molecule has 1 aromatic carbocycles. The van der Waals surface area contributed by atoms with Gasteiger partial charge in [0.2, 0.25) is 10.0 Å². The normalized spacial score (nSPS) is 11.1. The molecular formula is C11H16N2O4S. The maximum Gasteiger partial charge on any atom is 0.320 e. The quantitative estimate of drug-likeness (QED) is 0.831. The number of aliphatic carboxylic acids is 1. The highest BCUT2D eigenvalue weighted by Gasteiger charge is 2.16. The van der Waals surface area contributed by atoms with Gasteiger partial charge in [-0.05, 0) is 24.6 Å². The van der Waals surface area contributed by atoms with Crippen LogP contribution in [0, 0.1) is 6.92 Å². The smallest absolute Gasteiger partial charge is 0.320 e. The number of anilines is 2. The molecule has 7 heteroatoms. The summed E-state index contributed by atoms with van der Waals surface area (Å²) in [4.78, 5) is 12.3. The molecule has 0 aliphatic heterocycles. The van der Waals surface area contributed by atoms with Gasteiger partial charge < -0.3 is 10.0 Å². The van der Waals surface area contributed by atoms with E-state index in [0.29, 0.717) is 5.69 Å². The van der Waals surface area contributed by atoms with Gasteiger partial charge in [-0.2, -0.15) is 0 Å². The van der Waals surface area contributed by atoms with Gasteiger partial charge in [-0.25, -0.2) is 8.42 Å². The highest BCUT2D eigenvalue weighted by molar-refractivity contribution is 7.93. The molecule has 0 atom stereocenters. The lowest BCUT2D eigenvalue weighted by Gasteiger charge is -2.17. The van der Waals surface area contributed by atoms with E-state index in [-0.39, 0.29) is 0 Å². The Morgan fingerprint density at radius 2 is 2.00 bits per heavy atom. The molecule has 0 aliphatic rings. The largest absolute Gasteiger partial charge is 0.480 e. The summed E-state index contributed by atoms with van der Waals surface area (Å²) in [5.41, 5.74) is 2.22. The van der Waals surface area contributed by atoms with Crippen LogP contribution in [0.25, 0.3) is 0 Å². The van der Waals surface area contributed by atoms with Crippen molar-refractivity contribution < 1.29 is 18.3 Å². The van der Waals surface area contributed by atoms with Crippen LogP contribution in [0.1, 0.15) is 5.56 Å². The molecule has 1 rings (SSSR count). The predicted octanol–water partition coefficient (Wildman–Crippen LogP) is 0.887. The Kier molecular flexibility index (Phi) is 4.18. The van der Waals surface area contributed by atoms with Crippen molar-refractivity contribution in [3.05, 3.63) is 23.8 Å². The number of hydrogen-bond acceptors (Lipinski definition) is 4. The van der Waals surface area contributed by atoms with Crippen molar-refractivity contribution in [2.45, 2.75) is 6.92 Å². The monoisotopic (exact) mass is 272 g/mol. The minimum Gasteiger partial charge on any atom is -0.480 e. The first kappa shape index (κ1) is 14.3. The van der Waals surface area contributed by atoms with Gasteiger partial charge >= 0.3 is 5.97 Å². The minimum atomic E-state index is -3.86. The zero-order valence-electron chi connectivity index (χ0n) is 10.5. The van der Waals surface area contributed by atoms with Crippen LogP contribution in [0.4, 0.5) is 11.4 Å². The summed E-state index contributed by atoms with van der Waals surface area (Å²) in [5.74, 6) is -2.33. The van der Waals surface area contributed by atoms with Gasteiger partial charge in [0.15, 0.2) is 5.75 Å². The Labute approximate surface area is 106 Å². The molecule has 0 aromatic heterocycles. The molecule has 0 amide bonds. The zero-order chi connectivity index (χ0) is 13.9. The van der Waals surface area contributed by atoms with Crippen LogP contribution < -0.4 is 9.62 Å². The molecule has 0 spiro atoms. The number of sulfonamides is 1. The third-order valence-corrected chi connectivity index (χ3v) is 3.45.